The van der Waals surface area contributed by atoms with Crippen molar-refractivity contribution >= 4 is 9.84 Å². The average molecular weight is 441 g/mol. The summed E-state index contributed by atoms with van der Waals surface area (Å²) in [6.45, 7) is 2.05. The third-order valence-electron chi connectivity index (χ3n) is 5.36. The van der Waals surface area contributed by atoms with Crippen LogP contribution in [0.1, 0.15) is 25.3 Å². The predicted molar refractivity (Wildman–Crippen MR) is 118 cm³/mol. The summed E-state index contributed by atoms with van der Waals surface area (Å²) < 4.78 is 38.8. The van der Waals surface area contributed by atoms with Crippen LogP contribution in [-0.2, 0) is 23.3 Å². The molecule has 7 nitrogen and oxygen atoms in total. The number of aromatic nitrogens is 2. The lowest BCUT2D eigenvalue weighted by Crippen LogP contribution is -2.16. The highest BCUT2D eigenvalue weighted by Crippen LogP contribution is 2.40. The highest BCUT2D eigenvalue weighted by molar-refractivity contribution is 7.91. The fourth-order valence-electron chi connectivity index (χ4n) is 3.53. The second-order valence-corrected chi connectivity index (χ2v) is 9.73. The molecule has 0 aliphatic carbocycles. The van der Waals surface area contributed by atoms with Crippen molar-refractivity contribution in [1.29, 1.82) is 0 Å². The van der Waals surface area contributed by atoms with Gasteiger partial charge in [-0.25, -0.2) is 8.42 Å². The molecule has 0 bridgehead atoms. The predicted octanol–water partition coefficient (Wildman–Crippen LogP) is 3.75. The van der Waals surface area contributed by atoms with E-state index in [9.17, 15) is 13.2 Å². The minimum atomic E-state index is -3.44. The lowest BCUT2D eigenvalue weighted by molar-refractivity contribution is 0.306. The van der Waals surface area contributed by atoms with Crippen LogP contribution in [-0.4, -0.2) is 30.3 Å². The normalized spacial score (nSPS) is 14.0. The zero-order valence-corrected chi connectivity index (χ0v) is 18.3. The van der Waals surface area contributed by atoms with Crippen molar-refractivity contribution in [3.63, 3.8) is 0 Å². The summed E-state index contributed by atoms with van der Waals surface area (Å²) in [6.07, 6.45) is 7.53. The summed E-state index contributed by atoms with van der Waals surface area (Å²) in [6, 6.07) is 8.14. The number of aryl methyl sites for hydroxylation is 2. The van der Waals surface area contributed by atoms with Crippen LogP contribution in [0.2, 0.25) is 0 Å². The summed E-state index contributed by atoms with van der Waals surface area (Å²) >= 11 is 0. The van der Waals surface area contributed by atoms with E-state index in [-0.39, 0.29) is 16.2 Å². The van der Waals surface area contributed by atoms with Gasteiger partial charge in [0.2, 0.25) is 0 Å². The largest absolute Gasteiger partial charge is 0.493 e. The first-order valence-electron chi connectivity index (χ1n) is 10.2. The van der Waals surface area contributed by atoms with Gasteiger partial charge in [-0.1, -0.05) is 6.92 Å². The Morgan fingerprint density at radius 3 is 2.71 bits per heavy atom. The topological polar surface area (TPSA) is 87.5 Å². The molecular weight excluding hydrogens is 416 g/mol. The zero-order valence-electron chi connectivity index (χ0n) is 17.5. The molecule has 1 aliphatic heterocycles. The van der Waals surface area contributed by atoms with Gasteiger partial charge in [0.15, 0.2) is 9.84 Å². The van der Waals surface area contributed by atoms with Gasteiger partial charge < -0.3 is 14.0 Å². The molecule has 0 amide bonds. The molecule has 1 aromatic carbocycles. The summed E-state index contributed by atoms with van der Waals surface area (Å²) in [5.41, 5.74) is 1.94. The van der Waals surface area contributed by atoms with Crippen molar-refractivity contribution in [2.75, 3.05) is 12.4 Å². The molecule has 0 fully saturated rings. The zero-order chi connectivity index (χ0) is 22.0. The van der Waals surface area contributed by atoms with Gasteiger partial charge in [0.25, 0.3) is 5.56 Å². The van der Waals surface area contributed by atoms with E-state index in [4.69, 9.17) is 9.47 Å². The van der Waals surface area contributed by atoms with Crippen LogP contribution < -0.4 is 15.0 Å². The molecular formula is C23H24N2O5S. The average Bonchev–Trinajstić information content (AvgIpc) is 2.76. The Morgan fingerprint density at radius 2 is 1.90 bits per heavy atom. The summed E-state index contributed by atoms with van der Waals surface area (Å²) in [7, 11) is -1.80. The van der Waals surface area contributed by atoms with Crippen LogP contribution in [0, 0.1) is 0 Å². The van der Waals surface area contributed by atoms with Crippen molar-refractivity contribution in [2.24, 2.45) is 7.05 Å². The lowest BCUT2D eigenvalue weighted by Gasteiger charge is -2.19. The van der Waals surface area contributed by atoms with E-state index in [2.05, 4.69) is 4.98 Å². The molecule has 31 heavy (non-hydrogen) atoms. The number of hydrogen-bond acceptors (Lipinski definition) is 6. The second kappa shape index (κ2) is 8.55. The van der Waals surface area contributed by atoms with Crippen molar-refractivity contribution in [2.45, 2.75) is 31.1 Å². The molecule has 162 valence electrons. The van der Waals surface area contributed by atoms with Crippen molar-refractivity contribution in [3.05, 3.63) is 64.8 Å². The van der Waals surface area contributed by atoms with E-state index in [1.165, 1.54) is 10.6 Å². The molecule has 1 aliphatic rings. The Hall–Kier alpha value is -3.13. The maximum atomic E-state index is 12.6. The second-order valence-electron chi connectivity index (χ2n) is 7.45. The van der Waals surface area contributed by atoms with Gasteiger partial charge in [-0.15, -0.1) is 0 Å². The maximum Gasteiger partial charge on any atom is 0.254 e. The molecule has 8 heteroatoms. The van der Waals surface area contributed by atoms with E-state index in [0.717, 1.165) is 24.8 Å². The van der Waals surface area contributed by atoms with Crippen LogP contribution in [0.4, 0.5) is 0 Å². The van der Waals surface area contributed by atoms with Gasteiger partial charge in [0.05, 0.1) is 23.5 Å². The minimum Gasteiger partial charge on any atom is -0.493 e. The summed E-state index contributed by atoms with van der Waals surface area (Å²) in [5.74, 6) is 1.48. The number of benzene rings is 1. The molecule has 2 aromatic heterocycles. The number of hydrogen-bond donors (Lipinski definition) is 0. The number of nitrogens with zero attached hydrogens (tertiary/aromatic N) is 2. The molecule has 0 atom stereocenters. The Labute approximate surface area is 181 Å². The first-order chi connectivity index (χ1) is 14.9. The van der Waals surface area contributed by atoms with Gasteiger partial charge in [0.1, 0.15) is 17.2 Å². The van der Waals surface area contributed by atoms with E-state index in [1.807, 2.05) is 6.07 Å². The molecule has 3 aromatic rings. The highest BCUT2D eigenvalue weighted by atomic mass is 32.2. The number of pyridine rings is 2. The third kappa shape index (κ3) is 4.34. The number of ether oxygens (including phenoxy) is 2. The van der Waals surface area contributed by atoms with Crippen LogP contribution in [0.25, 0.3) is 11.1 Å². The Morgan fingerprint density at radius 1 is 1.06 bits per heavy atom. The summed E-state index contributed by atoms with van der Waals surface area (Å²) in [5, 5.41) is 0. The Kier molecular flexibility index (Phi) is 5.82. The van der Waals surface area contributed by atoms with Gasteiger partial charge >= 0.3 is 0 Å². The molecule has 0 spiro atoms. The molecule has 0 radical (unpaired) electrons. The van der Waals surface area contributed by atoms with Gasteiger partial charge in [0, 0.05) is 36.6 Å². The van der Waals surface area contributed by atoms with E-state index >= 15 is 0 Å². The van der Waals surface area contributed by atoms with Crippen LogP contribution in [0.5, 0.6) is 17.2 Å². The molecule has 0 saturated carbocycles. The maximum absolute atomic E-state index is 12.6. The smallest absolute Gasteiger partial charge is 0.254 e. The Balaban J connectivity index is 1.98. The Bertz CT molecular complexity index is 1280. The molecule has 0 N–H and O–H groups in total. The first-order valence-corrected chi connectivity index (χ1v) is 11.9. The van der Waals surface area contributed by atoms with E-state index in [1.54, 1.807) is 50.8 Å². The number of rotatable bonds is 2. The van der Waals surface area contributed by atoms with Gasteiger partial charge in [-0.2, -0.15) is 0 Å². The fourth-order valence-corrected chi connectivity index (χ4v) is 4.43. The minimum absolute atomic E-state index is 0.0178. The highest BCUT2D eigenvalue weighted by Gasteiger charge is 2.21. The van der Waals surface area contributed by atoms with Gasteiger partial charge in [-0.05, 0) is 49.1 Å². The van der Waals surface area contributed by atoms with Crippen molar-refractivity contribution < 1.29 is 17.9 Å². The SMILES string of the molecule is CCS(=O)(=O)c1ccc2c(c1)-c1cn(C)c(=O)cc1OCCCCc1ccncc1O2. The van der Waals surface area contributed by atoms with E-state index in [0.29, 0.717) is 35.0 Å². The van der Waals surface area contributed by atoms with E-state index < -0.39 is 9.84 Å². The molecule has 0 unspecified atom stereocenters. The fraction of sp³-hybridized carbons (Fsp3) is 0.304. The number of sulfone groups is 1. The van der Waals surface area contributed by atoms with Crippen molar-refractivity contribution in [3.8, 4) is 28.4 Å². The van der Waals surface area contributed by atoms with Crippen LogP contribution >= 0.6 is 0 Å². The lowest BCUT2D eigenvalue weighted by atomic mass is 10.0. The monoisotopic (exact) mass is 440 g/mol. The number of fused-ring (bicyclic) bond motifs is 4. The van der Waals surface area contributed by atoms with Crippen LogP contribution in [0.15, 0.2) is 58.6 Å². The standard InChI is InChI=1S/C23H24N2O5S/c1-3-31(27,28)17-7-8-20-18(12-17)19-15-25(2)23(26)13-21(19)29-11-5-4-6-16-9-10-24-14-22(16)30-20/h7-10,12-15H,3-6,11H2,1-2H3. The first kappa shape index (κ1) is 21.1. The van der Waals surface area contributed by atoms with Crippen molar-refractivity contribution in [1.82, 2.24) is 9.55 Å². The van der Waals surface area contributed by atoms with Crippen LogP contribution in [0.3, 0.4) is 0 Å². The summed E-state index contributed by atoms with van der Waals surface area (Å²) in [4.78, 5) is 16.6. The molecule has 0 saturated heterocycles. The van der Waals surface area contributed by atoms with Gasteiger partial charge in [-0.3, -0.25) is 9.78 Å². The quantitative estimate of drug-likeness (QED) is 0.603. The molecule has 4 rings (SSSR count). The molecule has 3 heterocycles. The third-order valence-corrected chi connectivity index (χ3v) is 7.09.